The van der Waals surface area contributed by atoms with Gasteiger partial charge in [-0.2, -0.15) is 0 Å². The number of nitrogens with two attached hydrogens (primary N) is 1. The third-order valence-corrected chi connectivity index (χ3v) is 5.10. The molecule has 3 atom stereocenters. The highest BCUT2D eigenvalue weighted by molar-refractivity contribution is 5.78. The molecule has 0 bridgehead atoms. The van der Waals surface area contributed by atoms with Crippen LogP contribution >= 0.6 is 0 Å². The first-order chi connectivity index (χ1) is 16.7. The molecule has 9 nitrogen and oxygen atoms in total. The van der Waals surface area contributed by atoms with E-state index in [2.05, 4.69) is 0 Å². The second kappa shape index (κ2) is 14.6. The summed E-state index contributed by atoms with van der Waals surface area (Å²) in [5, 5.41) is 0. The van der Waals surface area contributed by atoms with Crippen molar-refractivity contribution < 1.29 is 38.1 Å². The molecule has 0 aliphatic heterocycles. The number of carbonyl (C=O) groups excluding carboxylic acids is 4. The Labute approximate surface area is 214 Å². The first-order valence-electron chi connectivity index (χ1n) is 12.4. The molecule has 0 amide bonds. The van der Waals surface area contributed by atoms with E-state index in [9.17, 15) is 19.2 Å². The number of hydrogen-bond donors (Lipinski definition) is 1. The van der Waals surface area contributed by atoms with Gasteiger partial charge >= 0.3 is 23.9 Å². The summed E-state index contributed by atoms with van der Waals surface area (Å²) in [6.45, 7) is 14.2. The number of benzene rings is 1. The lowest BCUT2D eigenvalue weighted by Gasteiger charge is -2.23. The van der Waals surface area contributed by atoms with Gasteiger partial charge in [0.25, 0.3) is 0 Å². The molecule has 0 aliphatic carbocycles. The number of hydrogen-bond acceptors (Lipinski definition) is 9. The minimum atomic E-state index is -1.02. The lowest BCUT2D eigenvalue weighted by Crippen LogP contribution is -2.39. The Morgan fingerprint density at radius 3 is 1.67 bits per heavy atom. The number of esters is 4. The van der Waals surface area contributed by atoms with Gasteiger partial charge in [-0.3, -0.25) is 19.2 Å². The van der Waals surface area contributed by atoms with Crippen molar-refractivity contribution >= 4 is 23.9 Å². The van der Waals surface area contributed by atoms with Crippen molar-refractivity contribution in [3.05, 3.63) is 23.8 Å². The molecular formula is C27H41NO8. The lowest BCUT2D eigenvalue weighted by molar-refractivity contribution is -0.168. The van der Waals surface area contributed by atoms with E-state index < -0.39 is 36.2 Å². The second-order valence-electron chi connectivity index (χ2n) is 10.2. The number of ether oxygens (including phenoxy) is 4. The average Bonchev–Trinajstić information content (AvgIpc) is 2.73. The highest BCUT2D eigenvalue weighted by Gasteiger charge is 2.25. The van der Waals surface area contributed by atoms with Gasteiger partial charge in [-0.05, 0) is 49.8 Å². The highest BCUT2D eigenvalue weighted by atomic mass is 16.6. The summed E-state index contributed by atoms with van der Waals surface area (Å²) in [6.07, 6.45) is -0.849. The van der Waals surface area contributed by atoms with E-state index in [1.807, 2.05) is 27.7 Å². The van der Waals surface area contributed by atoms with Gasteiger partial charge in [-0.15, -0.1) is 0 Å². The molecule has 0 heterocycles. The first kappa shape index (κ1) is 31.1. The summed E-state index contributed by atoms with van der Waals surface area (Å²) < 4.78 is 21.5. The first-order valence-corrected chi connectivity index (χ1v) is 12.4. The van der Waals surface area contributed by atoms with Crippen LogP contribution in [0.1, 0.15) is 73.8 Å². The van der Waals surface area contributed by atoms with Crippen LogP contribution in [-0.2, 0) is 35.1 Å². The Kier molecular flexibility index (Phi) is 12.6. The third-order valence-electron chi connectivity index (χ3n) is 5.10. The summed E-state index contributed by atoms with van der Waals surface area (Å²) in [4.78, 5) is 48.8. The lowest BCUT2D eigenvalue weighted by atomic mass is 10.1. The summed E-state index contributed by atoms with van der Waals surface area (Å²) in [5.74, 6) is -1.87. The SMILES string of the molecule is CC(C)CC(=O)Oc1ccc(C[C@H](N)C(=O)O[C@@H](C)[C@H](C)OC(=O)C(C)C)cc1OC(=O)CC(C)C. The zero-order valence-electron chi connectivity index (χ0n) is 22.7. The Bertz CT molecular complexity index is 909. The van der Waals surface area contributed by atoms with E-state index >= 15 is 0 Å². The Morgan fingerprint density at radius 1 is 0.722 bits per heavy atom. The normalized spacial score (nSPS) is 13.8. The Hall–Kier alpha value is -2.94. The summed E-state index contributed by atoms with van der Waals surface area (Å²) >= 11 is 0. The molecule has 0 saturated heterocycles. The van der Waals surface area contributed by atoms with Gasteiger partial charge in [0.05, 0.1) is 5.92 Å². The van der Waals surface area contributed by atoms with Gasteiger partial charge in [-0.1, -0.05) is 47.6 Å². The molecule has 36 heavy (non-hydrogen) atoms. The fourth-order valence-electron chi connectivity index (χ4n) is 2.96. The monoisotopic (exact) mass is 507 g/mol. The highest BCUT2D eigenvalue weighted by Crippen LogP contribution is 2.30. The third kappa shape index (κ3) is 11.2. The van der Waals surface area contributed by atoms with Crippen molar-refractivity contribution in [2.45, 2.75) is 92.9 Å². The quantitative estimate of drug-likeness (QED) is 0.311. The van der Waals surface area contributed by atoms with Crippen LogP contribution in [0.3, 0.4) is 0 Å². The molecule has 0 aromatic heterocycles. The van der Waals surface area contributed by atoms with E-state index in [-0.39, 0.29) is 54.5 Å². The molecule has 0 unspecified atom stereocenters. The van der Waals surface area contributed by atoms with Crippen molar-refractivity contribution in [2.75, 3.05) is 0 Å². The summed E-state index contributed by atoms with van der Waals surface area (Å²) in [6, 6.07) is 3.66. The number of carbonyl (C=O) groups is 4. The molecule has 202 valence electrons. The van der Waals surface area contributed by atoms with Crippen molar-refractivity contribution in [1.82, 2.24) is 0 Å². The van der Waals surface area contributed by atoms with Crippen LogP contribution < -0.4 is 15.2 Å². The predicted molar refractivity (Wildman–Crippen MR) is 134 cm³/mol. The van der Waals surface area contributed by atoms with Gasteiger partial charge < -0.3 is 24.7 Å². The average molecular weight is 508 g/mol. The van der Waals surface area contributed by atoms with E-state index in [1.165, 1.54) is 12.1 Å². The van der Waals surface area contributed by atoms with Gasteiger partial charge in [0.15, 0.2) is 11.5 Å². The molecule has 0 saturated carbocycles. The van der Waals surface area contributed by atoms with Crippen molar-refractivity contribution in [2.24, 2.45) is 23.5 Å². The van der Waals surface area contributed by atoms with Crippen molar-refractivity contribution in [1.29, 1.82) is 0 Å². The zero-order chi connectivity index (χ0) is 27.6. The second-order valence-corrected chi connectivity index (χ2v) is 10.2. The van der Waals surface area contributed by atoms with Gasteiger partial charge in [0, 0.05) is 12.8 Å². The molecule has 1 rings (SSSR count). The summed E-state index contributed by atoms with van der Waals surface area (Å²) in [7, 11) is 0. The molecular weight excluding hydrogens is 466 g/mol. The zero-order valence-corrected chi connectivity index (χ0v) is 22.7. The van der Waals surface area contributed by atoms with Gasteiger partial charge in [-0.25, -0.2) is 0 Å². The smallest absolute Gasteiger partial charge is 0.323 e. The molecule has 2 N–H and O–H groups in total. The van der Waals surface area contributed by atoms with Gasteiger partial charge in [0.2, 0.25) is 0 Å². The fourth-order valence-corrected chi connectivity index (χ4v) is 2.96. The molecule has 0 radical (unpaired) electrons. The van der Waals surface area contributed by atoms with Crippen molar-refractivity contribution in [3.8, 4) is 11.5 Å². The van der Waals surface area contributed by atoms with Gasteiger partial charge in [0.1, 0.15) is 18.2 Å². The predicted octanol–water partition coefficient (Wildman–Crippen LogP) is 3.98. The minimum absolute atomic E-state index is 0.0819. The van der Waals surface area contributed by atoms with Crippen LogP contribution in [0.4, 0.5) is 0 Å². The summed E-state index contributed by atoms with van der Waals surface area (Å²) in [5.41, 5.74) is 6.65. The number of rotatable bonds is 13. The van der Waals surface area contributed by atoms with Crippen molar-refractivity contribution in [3.63, 3.8) is 0 Å². The molecule has 1 aromatic carbocycles. The molecule has 0 spiro atoms. The Morgan fingerprint density at radius 2 is 1.19 bits per heavy atom. The largest absolute Gasteiger partial charge is 0.459 e. The molecule has 9 heteroatoms. The maximum atomic E-state index is 12.5. The van der Waals surface area contributed by atoms with Crippen LogP contribution in [-0.4, -0.2) is 42.1 Å². The van der Waals surface area contributed by atoms with E-state index in [4.69, 9.17) is 24.7 Å². The van der Waals surface area contributed by atoms with Crippen LogP contribution in [0.5, 0.6) is 11.5 Å². The molecule has 1 aromatic rings. The topological polar surface area (TPSA) is 131 Å². The van der Waals surface area contributed by atoms with E-state index in [1.54, 1.807) is 33.8 Å². The van der Waals surface area contributed by atoms with E-state index in [0.717, 1.165) is 0 Å². The Balaban J connectivity index is 2.94. The van der Waals surface area contributed by atoms with Crippen LogP contribution in [0.15, 0.2) is 18.2 Å². The maximum absolute atomic E-state index is 12.5. The van der Waals surface area contributed by atoms with Crippen LogP contribution in [0.2, 0.25) is 0 Å². The minimum Gasteiger partial charge on any atom is -0.459 e. The molecule has 0 fully saturated rings. The fraction of sp³-hybridized carbons (Fsp3) is 0.630. The maximum Gasteiger partial charge on any atom is 0.323 e. The molecule has 0 aliphatic rings. The van der Waals surface area contributed by atoms with Crippen LogP contribution in [0.25, 0.3) is 0 Å². The van der Waals surface area contributed by atoms with E-state index in [0.29, 0.717) is 5.56 Å². The standard InChI is InChI=1S/C27H41NO8/c1-15(2)11-24(29)35-22-10-9-20(14-23(22)36-25(30)12-16(3)4)13-21(28)27(32)34-19(8)18(7)33-26(31)17(5)6/h9-10,14-19,21H,11-13,28H2,1-8H3/t18-,19-,21-/m0/s1. The van der Waals surface area contributed by atoms with Crippen LogP contribution in [0, 0.1) is 17.8 Å².